The van der Waals surface area contributed by atoms with Crippen molar-refractivity contribution >= 4 is 28.4 Å². The number of carbonyl (C=O) groups is 1. The lowest BCUT2D eigenvalue weighted by Gasteiger charge is -2.26. The van der Waals surface area contributed by atoms with E-state index in [1.165, 1.54) is 0 Å². The number of rotatable bonds is 1. The van der Waals surface area contributed by atoms with E-state index in [9.17, 15) is 4.79 Å². The minimum atomic E-state index is 0.0538. The van der Waals surface area contributed by atoms with E-state index in [1.54, 1.807) is 0 Å². The maximum absolute atomic E-state index is 12.5. The molecule has 5 heteroatoms. The number of amides is 1. The quantitative estimate of drug-likeness (QED) is 0.802. The van der Waals surface area contributed by atoms with Gasteiger partial charge < -0.3 is 14.2 Å². The predicted molar refractivity (Wildman–Crippen MR) is 74.7 cm³/mol. The Morgan fingerprint density at radius 3 is 2.74 bits per heavy atom. The lowest BCUT2D eigenvalue weighted by molar-refractivity contribution is 0.0297. The van der Waals surface area contributed by atoms with Gasteiger partial charge in [-0.25, -0.2) is 0 Å². The molecule has 4 nitrogen and oxygen atoms in total. The summed E-state index contributed by atoms with van der Waals surface area (Å²) in [6.45, 7) is 2.53. The third-order valence-corrected chi connectivity index (χ3v) is 3.76. The van der Waals surface area contributed by atoms with E-state index in [1.807, 2.05) is 40.8 Å². The molecule has 0 aliphatic carbocycles. The number of ether oxygens (including phenoxy) is 1. The summed E-state index contributed by atoms with van der Waals surface area (Å²) in [4.78, 5) is 14.3. The molecule has 1 aliphatic heterocycles. The molecular weight excluding hydrogens is 264 g/mol. The van der Waals surface area contributed by atoms with Crippen molar-refractivity contribution in [2.75, 3.05) is 26.3 Å². The normalized spacial score (nSPS) is 16.0. The van der Waals surface area contributed by atoms with Gasteiger partial charge in [0.05, 0.1) is 13.2 Å². The summed E-state index contributed by atoms with van der Waals surface area (Å²) in [5.74, 6) is 0.0538. The van der Waals surface area contributed by atoms with Crippen molar-refractivity contribution in [3.05, 3.63) is 35.0 Å². The molecule has 1 aromatic carbocycles. The van der Waals surface area contributed by atoms with E-state index in [2.05, 4.69) is 0 Å². The SMILES string of the molecule is Cn1c(C(=O)N2CCOCC2)cc2ccc(Cl)cc21. The summed E-state index contributed by atoms with van der Waals surface area (Å²) >= 11 is 6.00. The van der Waals surface area contributed by atoms with Gasteiger partial charge in [0, 0.05) is 36.1 Å². The van der Waals surface area contributed by atoms with Gasteiger partial charge in [0.15, 0.2) is 0 Å². The Kier molecular flexibility index (Phi) is 3.21. The number of hydrogen-bond acceptors (Lipinski definition) is 2. The van der Waals surface area contributed by atoms with Gasteiger partial charge in [-0.2, -0.15) is 0 Å². The van der Waals surface area contributed by atoms with E-state index >= 15 is 0 Å². The molecule has 0 N–H and O–H groups in total. The molecule has 1 saturated heterocycles. The second kappa shape index (κ2) is 4.87. The van der Waals surface area contributed by atoms with E-state index in [-0.39, 0.29) is 5.91 Å². The zero-order valence-corrected chi connectivity index (χ0v) is 11.5. The number of aryl methyl sites for hydroxylation is 1. The zero-order valence-electron chi connectivity index (χ0n) is 10.7. The molecule has 1 fully saturated rings. The molecule has 0 saturated carbocycles. The van der Waals surface area contributed by atoms with Gasteiger partial charge in [-0.15, -0.1) is 0 Å². The highest BCUT2D eigenvalue weighted by Gasteiger charge is 2.21. The Morgan fingerprint density at radius 1 is 1.26 bits per heavy atom. The van der Waals surface area contributed by atoms with E-state index in [4.69, 9.17) is 16.3 Å². The van der Waals surface area contributed by atoms with Crippen LogP contribution in [0.5, 0.6) is 0 Å². The van der Waals surface area contributed by atoms with Gasteiger partial charge >= 0.3 is 0 Å². The highest BCUT2D eigenvalue weighted by Crippen LogP contribution is 2.23. The fourth-order valence-corrected chi connectivity index (χ4v) is 2.60. The first-order valence-electron chi connectivity index (χ1n) is 6.29. The maximum Gasteiger partial charge on any atom is 0.270 e. The predicted octanol–water partition coefficient (Wildman–Crippen LogP) is 2.30. The third-order valence-electron chi connectivity index (χ3n) is 3.52. The molecule has 2 aromatic rings. The molecule has 1 amide bonds. The number of fused-ring (bicyclic) bond motifs is 1. The summed E-state index contributed by atoms with van der Waals surface area (Å²) in [7, 11) is 1.90. The number of nitrogens with zero attached hydrogens (tertiary/aromatic N) is 2. The molecule has 100 valence electrons. The van der Waals surface area contributed by atoms with Crippen LogP contribution in [0.4, 0.5) is 0 Å². The Bertz CT molecular complexity index is 630. The lowest BCUT2D eigenvalue weighted by atomic mass is 10.2. The molecule has 0 atom stereocenters. The van der Waals surface area contributed by atoms with Gasteiger partial charge in [0.1, 0.15) is 5.69 Å². The first-order valence-corrected chi connectivity index (χ1v) is 6.66. The van der Waals surface area contributed by atoms with E-state index in [0.29, 0.717) is 37.0 Å². The molecule has 1 aromatic heterocycles. The van der Waals surface area contributed by atoms with Gasteiger partial charge in [-0.3, -0.25) is 4.79 Å². The van der Waals surface area contributed by atoms with Gasteiger partial charge in [0.2, 0.25) is 0 Å². The highest BCUT2D eigenvalue weighted by atomic mass is 35.5. The number of halogens is 1. The first-order chi connectivity index (χ1) is 9.16. The van der Waals surface area contributed by atoms with Crippen LogP contribution in [0.25, 0.3) is 10.9 Å². The largest absolute Gasteiger partial charge is 0.378 e. The minimum absolute atomic E-state index is 0.0538. The van der Waals surface area contributed by atoms with Crippen LogP contribution in [-0.4, -0.2) is 41.7 Å². The molecule has 0 unspecified atom stereocenters. The Hall–Kier alpha value is -1.52. The van der Waals surface area contributed by atoms with Crippen molar-refractivity contribution in [1.82, 2.24) is 9.47 Å². The number of aromatic nitrogens is 1. The summed E-state index contributed by atoms with van der Waals surface area (Å²) in [5.41, 5.74) is 1.67. The average Bonchev–Trinajstić information content (AvgIpc) is 2.76. The van der Waals surface area contributed by atoms with Crippen LogP contribution in [0, 0.1) is 0 Å². The molecule has 2 heterocycles. The lowest BCUT2D eigenvalue weighted by Crippen LogP contribution is -2.41. The summed E-state index contributed by atoms with van der Waals surface area (Å²) in [6.07, 6.45) is 0. The van der Waals surface area contributed by atoms with Gasteiger partial charge in [0.25, 0.3) is 5.91 Å². The Labute approximate surface area is 116 Å². The molecular formula is C14H15ClN2O2. The number of carbonyl (C=O) groups excluding carboxylic acids is 1. The van der Waals surface area contributed by atoms with E-state index < -0.39 is 0 Å². The fraction of sp³-hybridized carbons (Fsp3) is 0.357. The van der Waals surface area contributed by atoms with Crippen LogP contribution in [0.2, 0.25) is 5.02 Å². The Morgan fingerprint density at radius 2 is 2.00 bits per heavy atom. The molecule has 3 rings (SSSR count). The summed E-state index contributed by atoms with van der Waals surface area (Å²) < 4.78 is 7.17. The van der Waals surface area contributed by atoms with Crippen molar-refractivity contribution in [2.24, 2.45) is 7.05 Å². The minimum Gasteiger partial charge on any atom is -0.378 e. The fourth-order valence-electron chi connectivity index (χ4n) is 2.44. The second-order valence-electron chi connectivity index (χ2n) is 4.70. The topological polar surface area (TPSA) is 34.5 Å². The third kappa shape index (κ3) is 2.22. The van der Waals surface area contributed by atoms with Crippen molar-refractivity contribution in [2.45, 2.75) is 0 Å². The maximum atomic E-state index is 12.5. The van der Waals surface area contributed by atoms with Crippen LogP contribution in [-0.2, 0) is 11.8 Å². The van der Waals surface area contributed by atoms with Gasteiger partial charge in [-0.05, 0) is 18.2 Å². The standard InChI is InChI=1S/C14H15ClN2O2/c1-16-12-9-11(15)3-2-10(12)8-13(16)14(18)17-4-6-19-7-5-17/h2-3,8-9H,4-7H2,1H3. The van der Waals surface area contributed by atoms with Crippen molar-refractivity contribution < 1.29 is 9.53 Å². The number of morpholine rings is 1. The van der Waals surface area contributed by atoms with Crippen molar-refractivity contribution in [3.63, 3.8) is 0 Å². The van der Waals surface area contributed by atoms with E-state index in [0.717, 1.165) is 10.9 Å². The molecule has 19 heavy (non-hydrogen) atoms. The molecule has 0 bridgehead atoms. The Balaban J connectivity index is 2.00. The second-order valence-corrected chi connectivity index (χ2v) is 5.13. The smallest absolute Gasteiger partial charge is 0.270 e. The van der Waals surface area contributed by atoms with Crippen LogP contribution in [0.15, 0.2) is 24.3 Å². The van der Waals surface area contributed by atoms with Crippen LogP contribution in [0.1, 0.15) is 10.5 Å². The number of hydrogen-bond donors (Lipinski definition) is 0. The van der Waals surface area contributed by atoms with Crippen molar-refractivity contribution in [3.8, 4) is 0 Å². The molecule has 0 radical (unpaired) electrons. The van der Waals surface area contributed by atoms with Crippen LogP contribution in [0.3, 0.4) is 0 Å². The summed E-state index contributed by atoms with van der Waals surface area (Å²) in [6, 6.07) is 7.58. The molecule has 1 aliphatic rings. The number of benzene rings is 1. The zero-order chi connectivity index (χ0) is 13.4. The van der Waals surface area contributed by atoms with Crippen LogP contribution >= 0.6 is 11.6 Å². The van der Waals surface area contributed by atoms with Crippen molar-refractivity contribution in [1.29, 1.82) is 0 Å². The average molecular weight is 279 g/mol. The first kappa shape index (κ1) is 12.5. The molecule has 0 spiro atoms. The van der Waals surface area contributed by atoms with Gasteiger partial charge in [-0.1, -0.05) is 17.7 Å². The summed E-state index contributed by atoms with van der Waals surface area (Å²) in [5, 5.41) is 1.71. The monoisotopic (exact) mass is 278 g/mol. The van der Waals surface area contributed by atoms with Crippen LogP contribution < -0.4 is 0 Å². The highest BCUT2D eigenvalue weighted by molar-refractivity contribution is 6.31.